The van der Waals surface area contributed by atoms with Crippen LogP contribution in [0.3, 0.4) is 0 Å². The molecule has 1 aromatic carbocycles. The maximum absolute atomic E-state index is 3.67. The molecule has 2 aliphatic rings. The minimum absolute atomic E-state index is 0.510. The molecule has 2 heteroatoms. The molecule has 1 aliphatic carbocycles. The third-order valence-electron chi connectivity index (χ3n) is 5.43. The minimum Gasteiger partial charge on any atom is -0.310 e. The summed E-state index contributed by atoms with van der Waals surface area (Å²) >= 11 is 0. The Kier molecular flexibility index (Phi) is 4.97. The quantitative estimate of drug-likeness (QED) is 0.856. The molecule has 1 aromatic rings. The van der Waals surface area contributed by atoms with Crippen LogP contribution in [0.15, 0.2) is 24.3 Å². The molecule has 1 N–H and O–H groups in total. The van der Waals surface area contributed by atoms with Gasteiger partial charge in [0.25, 0.3) is 0 Å². The summed E-state index contributed by atoms with van der Waals surface area (Å²) in [7, 11) is 0. The van der Waals surface area contributed by atoms with Crippen LogP contribution in [-0.4, -0.2) is 31.1 Å². The van der Waals surface area contributed by atoms with Crippen LogP contribution in [0.25, 0.3) is 0 Å². The van der Waals surface area contributed by atoms with Gasteiger partial charge in [0.2, 0.25) is 0 Å². The molecule has 0 aromatic heterocycles. The number of hydrogen-bond acceptors (Lipinski definition) is 2. The van der Waals surface area contributed by atoms with Crippen molar-refractivity contribution in [2.75, 3.05) is 26.2 Å². The lowest BCUT2D eigenvalue weighted by Gasteiger charge is -2.23. The van der Waals surface area contributed by atoms with Crippen LogP contribution in [0.5, 0.6) is 0 Å². The molecule has 2 fully saturated rings. The third-order valence-corrected chi connectivity index (χ3v) is 5.43. The molecule has 0 bridgehead atoms. The van der Waals surface area contributed by atoms with Gasteiger partial charge in [-0.15, -0.1) is 0 Å². The molecule has 0 spiro atoms. The summed E-state index contributed by atoms with van der Waals surface area (Å²) in [6, 6.07) is 9.50. The zero-order valence-corrected chi connectivity index (χ0v) is 13.6. The van der Waals surface area contributed by atoms with Crippen molar-refractivity contribution < 1.29 is 0 Å². The van der Waals surface area contributed by atoms with Crippen LogP contribution in [0.2, 0.25) is 0 Å². The smallest absolute Gasteiger partial charge is 0.0332 e. The summed E-state index contributed by atoms with van der Waals surface area (Å²) in [6.45, 7) is 9.41. The Morgan fingerprint density at radius 1 is 1.24 bits per heavy atom. The molecule has 1 saturated carbocycles. The molecule has 0 radical (unpaired) electrons. The lowest BCUT2D eigenvalue weighted by Crippen LogP contribution is -2.29. The fourth-order valence-corrected chi connectivity index (χ4v) is 4.35. The van der Waals surface area contributed by atoms with E-state index in [1.807, 2.05) is 0 Å². The summed E-state index contributed by atoms with van der Waals surface area (Å²) in [5, 5.41) is 3.67. The number of benzene rings is 1. The van der Waals surface area contributed by atoms with Gasteiger partial charge in [0.15, 0.2) is 0 Å². The van der Waals surface area contributed by atoms with Crippen molar-refractivity contribution in [2.45, 2.75) is 45.6 Å². The molecule has 1 heterocycles. The molecule has 116 valence electrons. The van der Waals surface area contributed by atoms with Crippen LogP contribution in [0.1, 0.15) is 49.8 Å². The van der Waals surface area contributed by atoms with Crippen molar-refractivity contribution in [3.63, 3.8) is 0 Å². The van der Waals surface area contributed by atoms with Crippen molar-refractivity contribution >= 4 is 0 Å². The summed E-state index contributed by atoms with van der Waals surface area (Å²) < 4.78 is 0. The van der Waals surface area contributed by atoms with E-state index in [2.05, 4.69) is 48.3 Å². The van der Waals surface area contributed by atoms with Gasteiger partial charge in [-0.05, 0) is 56.7 Å². The molecule has 3 unspecified atom stereocenters. The van der Waals surface area contributed by atoms with Gasteiger partial charge in [-0.25, -0.2) is 0 Å². The molecular weight excluding hydrogens is 256 g/mol. The van der Waals surface area contributed by atoms with Gasteiger partial charge in [-0.3, -0.25) is 0 Å². The first kappa shape index (κ1) is 15.1. The van der Waals surface area contributed by atoms with Crippen molar-refractivity contribution in [2.24, 2.45) is 11.8 Å². The van der Waals surface area contributed by atoms with Crippen molar-refractivity contribution in [1.29, 1.82) is 0 Å². The molecule has 21 heavy (non-hydrogen) atoms. The minimum atomic E-state index is 0.510. The molecule has 0 amide bonds. The first-order valence-corrected chi connectivity index (χ1v) is 8.78. The Morgan fingerprint density at radius 3 is 2.67 bits per heavy atom. The maximum Gasteiger partial charge on any atom is 0.0332 e. The topological polar surface area (TPSA) is 15.3 Å². The monoisotopic (exact) mass is 286 g/mol. The van der Waals surface area contributed by atoms with Crippen molar-refractivity contribution in [1.82, 2.24) is 10.2 Å². The fraction of sp³-hybridized carbons (Fsp3) is 0.684. The van der Waals surface area contributed by atoms with E-state index in [9.17, 15) is 0 Å². The van der Waals surface area contributed by atoms with Gasteiger partial charge in [0.1, 0.15) is 0 Å². The van der Waals surface area contributed by atoms with Gasteiger partial charge in [0, 0.05) is 19.1 Å². The number of nitrogens with one attached hydrogen (secondary N) is 1. The number of aryl methyl sites for hydroxylation is 1. The van der Waals surface area contributed by atoms with Gasteiger partial charge in [0.05, 0.1) is 0 Å². The molecule has 2 nitrogen and oxygen atoms in total. The van der Waals surface area contributed by atoms with E-state index in [-0.39, 0.29) is 0 Å². The van der Waals surface area contributed by atoms with E-state index in [1.165, 1.54) is 56.4 Å². The lowest BCUT2D eigenvalue weighted by molar-refractivity contribution is 0.289. The normalized spacial score (nSPS) is 27.0. The highest BCUT2D eigenvalue weighted by Gasteiger charge is 2.35. The Bertz CT molecular complexity index is 445. The highest BCUT2D eigenvalue weighted by Crippen LogP contribution is 2.37. The van der Waals surface area contributed by atoms with Crippen LogP contribution in [0, 0.1) is 18.8 Å². The zero-order chi connectivity index (χ0) is 14.7. The van der Waals surface area contributed by atoms with Gasteiger partial charge in [-0.1, -0.05) is 43.2 Å². The molecule has 3 rings (SSSR count). The second-order valence-electron chi connectivity index (χ2n) is 7.02. The van der Waals surface area contributed by atoms with E-state index in [1.54, 1.807) is 0 Å². The SMILES string of the molecule is CCNC(CCN1CC2CCCC2C1)c1cccc(C)c1. The standard InChI is InChI=1S/C19H30N2/c1-3-20-19(16-7-4-6-15(2)12-16)10-11-21-13-17-8-5-9-18(17)14-21/h4,6-7,12,17-20H,3,5,8-11,13-14H2,1-2H3. The molecule has 1 saturated heterocycles. The maximum atomic E-state index is 3.67. The fourth-order valence-electron chi connectivity index (χ4n) is 4.35. The van der Waals surface area contributed by atoms with Crippen LogP contribution in [-0.2, 0) is 0 Å². The summed E-state index contributed by atoms with van der Waals surface area (Å²) in [5.41, 5.74) is 2.82. The number of likely N-dealkylation sites (tertiary alicyclic amines) is 1. The van der Waals surface area contributed by atoms with E-state index in [0.717, 1.165) is 18.4 Å². The third kappa shape index (κ3) is 3.67. The highest BCUT2D eigenvalue weighted by molar-refractivity contribution is 5.25. The van der Waals surface area contributed by atoms with E-state index < -0.39 is 0 Å². The Morgan fingerprint density at radius 2 is 2.00 bits per heavy atom. The summed E-state index contributed by atoms with van der Waals surface area (Å²) in [4.78, 5) is 2.72. The van der Waals surface area contributed by atoms with Gasteiger partial charge in [-0.2, -0.15) is 0 Å². The first-order valence-electron chi connectivity index (χ1n) is 8.78. The van der Waals surface area contributed by atoms with E-state index in [4.69, 9.17) is 0 Å². The number of fused-ring (bicyclic) bond motifs is 1. The Labute approximate surface area is 129 Å². The van der Waals surface area contributed by atoms with Crippen molar-refractivity contribution in [3.05, 3.63) is 35.4 Å². The Hall–Kier alpha value is -0.860. The second kappa shape index (κ2) is 6.93. The second-order valence-corrected chi connectivity index (χ2v) is 7.02. The molecule has 3 atom stereocenters. The average Bonchev–Trinajstić information content (AvgIpc) is 3.04. The van der Waals surface area contributed by atoms with Gasteiger partial charge >= 0.3 is 0 Å². The predicted octanol–water partition coefficient (Wildman–Crippen LogP) is 3.77. The highest BCUT2D eigenvalue weighted by atomic mass is 15.2. The predicted molar refractivity (Wildman–Crippen MR) is 89.5 cm³/mol. The Balaban J connectivity index is 1.56. The first-order chi connectivity index (χ1) is 10.3. The van der Waals surface area contributed by atoms with Crippen LogP contribution < -0.4 is 5.32 Å². The number of nitrogens with zero attached hydrogens (tertiary/aromatic N) is 1. The number of rotatable bonds is 6. The summed E-state index contributed by atoms with van der Waals surface area (Å²) in [6.07, 6.45) is 5.68. The van der Waals surface area contributed by atoms with Crippen LogP contribution >= 0.6 is 0 Å². The van der Waals surface area contributed by atoms with Crippen molar-refractivity contribution in [3.8, 4) is 0 Å². The van der Waals surface area contributed by atoms with Gasteiger partial charge < -0.3 is 10.2 Å². The largest absolute Gasteiger partial charge is 0.310 e. The average molecular weight is 286 g/mol. The zero-order valence-electron chi connectivity index (χ0n) is 13.6. The number of hydrogen-bond donors (Lipinski definition) is 1. The lowest BCUT2D eigenvalue weighted by atomic mass is 10.0. The summed E-state index contributed by atoms with van der Waals surface area (Å²) in [5.74, 6) is 2.03. The van der Waals surface area contributed by atoms with E-state index in [0.29, 0.717) is 6.04 Å². The molecule has 1 aliphatic heterocycles. The van der Waals surface area contributed by atoms with E-state index >= 15 is 0 Å². The van der Waals surface area contributed by atoms with Crippen LogP contribution in [0.4, 0.5) is 0 Å². The molecular formula is C19H30N2.